The van der Waals surface area contributed by atoms with Crippen molar-refractivity contribution >= 4 is 34.4 Å². The van der Waals surface area contributed by atoms with Crippen LogP contribution in [0.5, 0.6) is 0 Å². The van der Waals surface area contributed by atoms with Crippen LogP contribution in [0.3, 0.4) is 0 Å². The lowest BCUT2D eigenvalue weighted by atomic mass is 10.1. The number of non-ortho nitro benzene ring substituents is 1. The van der Waals surface area contributed by atoms with Gasteiger partial charge in [-0.15, -0.1) is 11.3 Å². The lowest BCUT2D eigenvalue weighted by molar-refractivity contribution is -0.384. The lowest BCUT2D eigenvalue weighted by Gasteiger charge is -2.06. The average molecular weight is 352 g/mol. The Balaban J connectivity index is 1.69. The fraction of sp³-hybridized carbons (Fsp3) is 0. The molecule has 0 atom stereocenters. The van der Waals surface area contributed by atoms with Gasteiger partial charge in [-0.25, -0.2) is 0 Å². The highest BCUT2D eigenvalue weighted by molar-refractivity contribution is 7.12. The molecule has 0 saturated carbocycles. The number of thiophene rings is 1. The van der Waals surface area contributed by atoms with Crippen LogP contribution in [0.4, 0.5) is 11.4 Å². The molecule has 6 nitrogen and oxygen atoms in total. The summed E-state index contributed by atoms with van der Waals surface area (Å²) in [4.78, 5) is 35.1. The minimum absolute atomic E-state index is 0.0664. The molecule has 0 radical (unpaired) electrons. The number of rotatable bonds is 5. The predicted octanol–water partition coefficient (Wildman–Crippen LogP) is 4.14. The Morgan fingerprint density at radius 2 is 1.56 bits per heavy atom. The highest BCUT2D eigenvalue weighted by Crippen LogP contribution is 2.18. The second-order valence-electron chi connectivity index (χ2n) is 5.14. The fourth-order valence-electron chi connectivity index (χ4n) is 2.19. The van der Waals surface area contributed by atoms with Gasteiger partial charge in [0.1, 0.15) is 0 Å². The summed E-state index contributed by atoms with van der Waals surface area (Å²) in [7, 11) is 0. The maximum Gasteiger partial charge on any atom is 0.269 e. The normalized spacial score (nSPS) is 10.2. The molecule has 0 aliphatic heterocycles. The molecule has 2 aromatic carbocycles. The number of hydrogen-bond donors (Lipinski definition) is 1. The Bertz CT molecular complexity index is 917. The molecular weight excluding hydrogens is 340 g/mol. The van der Waals surface area contributed by atoms with E-state index in [1.54, 1.807) is 30.3 Å². The maximum absolute atomic E-state index is 12.2. The third kappa shape index (κ3) is 3.78. The molecule has 124 valence electrons. The quantitative estimate of drug-likeness (QED) is 0.424. The summed E-state index contributed by atoms with van der Waals surface area (Å²) in [6.45, 7) is 0. The maximum atomic E-state index is 12.2. The Morgan fingerprint density at radius 1 is 0.920 bits per heavy atom. The number of amides is 1. The zero-order valence-corrected chi connectivity index (χ0v) is 13.7. The molecule has 0 fully saturated rings. The predicted molar refractivity (Wildman–Crippen MR) is 95.2 cm³/mol. The second kappa shape index (κ2) is 7.06. The number of nitro benzene ring substituents is 1. The molecule has 1 heterocycles. The molecule has 3 rings (SSSR count). The van der Waals surface area contributed by atoms with E-state index in [1.807, 2.05) is 11.4 Å². The standard InChI is InChI=1S/C18H12N2O4S/c21-17(16-2-1-11-25-16)12-3-7-14(8-4-12)19-18(22)13-5-9-15(10-6-13)20(23)24/h1-11H,(H,19,22). The molecule has 0 aliphatic rings. The highest BCUT2D eigenvalue weighted by Gasteiger charge is 2.12. The van der Waals surface area contributed by atoms with Gasteiger partial charge in [0.05, 0.1) is 9.80 Å². The molecule has 25 heavy (non-hydrogen) atoms. The number of carbonyl (C=O) groups is 2. The molecular formula is C18H12N2O4S. The molecule has 0 bridgehead atoms. The summed E-state index contributed by atoms with van der Waals surface area (Å²) >= 11 is 1.37. The highest BCUT2D eigenvalue weighted by atomic mass is 32.1. The molecule has 3 aromatic rings. The van der Waals surface area contributed by atoms with Gasteiger partial charge in [-0.3, -0.25) is 19.7 Å². The Labute approximate surface area is 146 Å². The molecule has 0 saturated heterocycles. The first kappa shape index (κ1) is 16.5. The van der Waals surface area contributed by atoms with E-state index in [2.05, 4.69) is 5.32 Å². The minimum atomic E-state index is -0.523. The van der Waals surface area contributed by atoms with Crippen LogP contribution in [0.15, 0.2) is 66.0 Å². The summed E-state index contributed by atoms with van der Waals surface area (Å²) in [5, 5.41) is 15.2. The van der Waals surface area contributed by atoms with Crippen LogP contribution in [0.1, 0.15) is 25.6 Å². The first-order valence-electron chi connectivity index (χ1n) is 7.28. The third-order valence-electron chi connectivity index (χ3n) is 3.49. The van der Waals surface area contributed by atoms with Crippen molar-refractivity contribution in [1.29, 1.82) is 0 Å². The van der Waals surface area contributed by atoms with Crippen molar-refractivity contribution in [3.63, 3.8) is 0 Å². The summed E-state index contributed by atoms with van der Waals surface area (Å²) in [6.07, 6.45) is 0. The van der Waals surface area contributed by atoms with Gasteiger partial charge in [0.2, 0.25) is 5.78 Å². The average Bonchev–Trinajstić information content (AvgIpc) is 3.16. The van der Waals surface area contributed by atoms with Gasteiger partial charge in [-0.1, -0.05) is 6.07 Å². The van der Waals surface area contributed by atoms with Crippen molar-refractivity contribution in [3.05, 3.63) is 92.2 Å². The third-order valence-corrected chi connectivity index (χ3v) is 4.36. The Morgan fingerprint density at radius 3 is 2.12 bits per heavy atom. The van der Waals surface area contributed by atoms with E-state index < -0.39 is 4.92 Å². The Kier molecular flexibility index (Phi) is 4.67. The topological polar surface area (TPSA) is 89.3 Å². The van der Waals surface area contributed by atoms with Gasteiger partial charge < -0.3 is 5.32 Å². The van der Waals surface area contributed by atoms with Crippen LogP contribution < -0.4 is 5.32 Å². The van der Waals surface area contributed by atoms with Crippen LogP contribution in [-0.2, 0) is 0 Å². The van der Waals surface area contributed by atoms with Gasteiger partial charge >= 0.3 is 0 Å². The van der Waals surface area contributed by atoms with Crippen molar-refractivity contribution in [3.8, 4) is 0 Å². The van der Waals surface area contributed by atoms with Gasteiger partial charge in [-0.05, 0) is 47.8 Å². The molecule has 1 amide bonds. The second-order valence-corrected chi connectivity index (χ2v) is 6.09. The lowest BCUT2D eigenvalue weighted by Crippen LogP contribution is -2.12. The van der Waals surface area contributed by atoms with Crippen molar-refractivity contribution < 1.29 is 14.5 Å². The molecule has 0 spiro atoms. The van der Waals surface area contributed by atoms with Crippen LogP contribution >= 0.6 is 11.3 Å². The van der Waals surface area contributed by atoms with E-state index in [1.165, 1.54) is 35.6 Å². The molecule has 1 N–H and O–H groups in total. The van der Waals surface area contributed by atoms with E-state index >= 15 is 0 Å². The van der Waals surface area contributed by atoms with Crippen LogP contribution in [-0.4, -0.2) is 16.6 Å². The smallest absolute Gasteiger partial charge is 0.269 e. The van der Waals surface area contributed by atoms with E-state index in [4.69, 9.17) is 0 Å². The van der Waals surface area contributed by atoms with Crippen LogP contribution in [0, 0.1) is 10.1 Å². The molecule has 1 aromatic heterocycles. The fourth-order valence-corrected chi connectivity index (χ4v) is 2.88. The number of anilines is 1. The number of nitro groups is 1. The summed E-state index contributed by atoms with van der Waals surface area (Å²) in [5.74, 6) is -0.449. The first-order chi connectivity index (χ1) is 12.0. The molecule has 0 aliphatic carbocycles. The van der Waals surface area contributed by atoms with E-state index in [0.717, 1.165) is 0 Å². The van der Waals surface area contributed by atoms with Gasteiger partial charge in [-0.2, -0.15) is 0 Å². The monoisotopic (exact) mass is 352 g/mol. The van der Waals surface area contributed by atoms with Gasteiger partial charge in [0.25, 0.3) is 11.6 Å². The summed E-state index contributed by atoms with van der Waals surface area (Å²) < 4.78 is 0. The number of benzene rings is 2. The number of nitrogens with zero attached hydrogens (tertiary/aromatic N) is 1. The van der Waals surface area contributed by atoms with Crippen molar-refractivity contribution in [2.45, 2.75) is 0 Å². The first-order valence-corrected chi connectivity index (χ1v) is 8.16. The van der Waals surface area contributed by atoms with Gasteiger partial charge in [0.15, 0.2) is 0 Å². The summed E-state index contributed by atoms with van der Waals surface area (Å²) in [5.41, 5.74) is 1.30. The largest absolute Gasteiger partial charge is 0.322 e. The van der Waals surface area contributed by atoms with Crippen molar-refractivity contribution in [2.24, 2.45) is 0 Å². The van der Waals surface area contributed by atoms with E-state index in [0.29, 0.717) is 21.7 Å². The van der Waals surface area contributed by atoms with E-state index in [9.17, 15) is 19.7 Å². The number of nitrogens with one attached hydrogen (secondary N) is 1. The summed E-state index contributed by atoms with van der Waals surface area (Å²) in [6, 6.07) is 15.5. The van der Waals surface area contributed by atoms with Crippen LogP contribution in [0.25, 0.3) is 0 Å². The zero-order valence-electron chi connectivity index (χ0n) is 12.8. The van der Waals surface area contributed by atoms with Gasteiger partial charge in [0, 0.05) is 28.9 Å². The molecule has 0 unspecified atom stereocenters. The minimum Gasteiger partial charge on any atom is -0.322 e. The van der Waals surface area contributed by atoms with E-state index in [-0.39, 0.29) is 17.4 Å². The van der Waals surface area contributed by atoms with Crippen molar-refractivity contribution in [2.75, 3.05) is 5.32 Å². The zero-order chi connectivity index (χ0) is 17.8. The number of hydrogen-bond acceptors (Lipinski definition) is 5. The van der Waals surface area contributed by atoms with Crippen molar-refractivity contribution in [1.82, 2.24) is 0 Å². The SMILES string of the molecule is O=C(Nc1ccc(C(=O)c2cccs2)cc1)c1ccc([N+](=O)[O-])cc1. The number of ketones is 1. The molecule has 7 heteroatoms. The Hall–Kier alpha value is -3.32. The van der Waals surface area contributed by atoms with Crippen LogP contribution in [0.2, 0.25) is 0 Å². The number of carbonyl (C=O) groups excluding carboxylic acids is 2.